The molecule has 2 atom stereocenters. The molecule has 1 amide bonds. The molecular weight excluding hydrogens is 340 g/mol. The highest BCUT2D eigenvalue weighted by Crippen LogP contribution is 2.34. The number of carbonyl (C=O) groups is 3. The van der Waals surface area contributed by atoms with Crippen molar-refractivity contribution < 1.29 is 28.6 Å². The van der Waals surface area contributed by atoms with E-state index < -0.39 is 30.1 Å². The highest BCUT2D eigenvalue weighted by atomic mass is 16.6. The fraction of sp³-hybridized carbons (Fsp3) is 0.333. The molecule has 3 rings (SSSR count). The van der Waals surface area contributed by atoms with Crippen LogP contribution < -0.4 is 0 Å². The van der Waals surface area contributed by atoms with E-state index in [1.54, 1.807) is 13.8 Å². The van der Waals surface area contributed by atoms with Gasteiger partial charge in [0.15, 0.2) is 6.04 Å². The van der Waals surface area contributed by atoms with Gasteiger partial charge in [-0.1, -0.05) is 30.3 Å². The van der Waals surface area contributed by atoms with Gasteiger partial charge in [-0.25, -0.2) is 14.6 Å². The zero-order valence-corrected chi connectivity index (χ0v) is 14.6. The van der Waals surface area contributed by atoms with Gasteiger partial charge < -0.3 is 14.2 Å². The topological polar surface area (TPSA) is 94.5 Å². The molecule has 2 aliphatic heterocycles. The minimum atomic E-state index is -0.847. The summed E-state index contributed by atoms with van der Waals surface area (Å²) in [6.45, 7) is 3.46. The molecule has 8 heteroatoms. The Morgan fingerprint density at radius 1 is 1.23 bits per heavy atom. The number of carbonyl (C=O) groups excluding carboxylic acids is 3. The number of esters is 2. The van der Waals surface area contributed by atoms with Gasteiger partial charge in [0.25, 0.3) is 11.8 Å². The molecule has 0 aromatic heterocycles. The molecule has 0 saturated carbocycles. The zero-order chi connectivity index (χ0) is 18.8. The predicted molar refractivity (Wildman–Crippen MR) is 89.6 cm³/mol. The normalized spacial score (nSPS) is 20.3. The van der Waals surface area contributed by atoms with Gasteiger partial charge in [0.2, 0.25) is 6.23 Å². The van der Waals surface area contributed by atoms with Crippen molar-refractivity contribution in [3.63, 3.8) is 0 Å². The molecule has 2 unspecified atom stereocenters. The first-order valence-corrected chi connectivity index (χ1v) is 7.98. The van der Waals surface area contributed by atoms with Crippen LogP contribution in [-0.2, 0) is 35.2 Å². The van der Waals surface area contributed by atoms with Crippen LogP contribution in [0.1, 0.15) is 19.4 Å². The molecule has 1 saturated heterocycles. The lowest BCUT2D eigenvalue weighted by atomic mass is 10.0. The smallest absolute Gasteiger partial charge is 0.393 e. The summed E-state index contributed by atoms with van der Waals surface area (Å²) in [5.41, 5.74) is 1.51. The number of fused-ring (bicyclic) bond motifs is 1. The van der Waals surface area contributed by atoms with E-state index in [1.807, 2.05) is 30.3 Å². The maximum atomic E-state index is 12.5. The van der Waals surface area contributed by atoms with Crippen molar-refractivity contribution in [3.05, 3.63) is 47.2 Å². The minimum Gasteiger partial charge on any atom is -0.462 e. The maximum absolute atomic E-state index is 12.5. The third-order valence-corrected chi connectivity index (χ3v) is 3.98. The second-order valence-electron chi connectivity index (χ2n) is 6.00. The number of hydrogen-bond donors (Lipinski definition) is 0. The van der Waals surface area contributed by atoms with E-state index in [1.165, 1.54) is 12.0 Å². The molecule has 26 heavy (non-hydrogen) atoms. The summed E-state index contributed by atoms with van der Waals surface area (Å²) >= 11 is 0. The van der Waals surface area contributed by atoms with Crippen LogP contribution in [0.5, 0.6) is 0 Å². The maximum Gasteiger partial charge on any atom is 0.393 e. The Morgan fingerprint density at radius 2 is 1.92 bits per heavy atom. The molecule has 1 fully saturated rings. The third-order valence-electron chi connectivity index (χ3n) is 3.98. The monoisotopic (exact) mass is 358 g/mol. The minimum absolute atomic E-state index is 0.0807. The standard InChI is InChI=1S/C18H18N2O6/c1-10(2)13(17(22)25-9-11-7-5-4-6-8-11)20-15(21)12-16(20)26-14(19-12)18(23)24-3/h4-8,12,16H,9H2,1-3H3. The number of methoxy groups -OCH3 is 1. The first-order chi connectivity index (χ1) is 12.4. The summed E-state index contributed by atoms with van der Waals surface area (Å²) in [5.74, 6) is -2.11. The van der Waals surface area contributed by atoms with Crippen LogP contribution in [0, 0.1) is 0 Å². The van der Waals surface area contributed by atoms with Crippen LogP contribution in [0.15, 0.2) is 46.6 Å². The fourth-order valence-corrected chi connectivity index (χ4v) is 2.72. The van der Waals surface area contributed by atoms with Gasteiger partial charge in [0, 0.05) is 0 Å². The van der Waals surface area contributed by atoms with Gasteiger partial charge in [0.05, 0.1) is 7.11 Å². The Kier molecular flexibility index (Phi) is 4.75. The SMILES string of the molecule is COC(=O)C1=NC2C(=O)N(C(C(=O)OCc3ccccc3)=C(C)C)C2O1. The number of hydrogen-bond acceptors (Lipinski definition) is 7. The second kappa shape index (κ2) is 6.99. The van der Waals surface area contributed by atoms with Crippen LogP contribution in [0.3, 0.4) is 0 Å². The van der Waals surface area contributed by atoms with E-state index in [0.717, 1.165) is 5.56 Å². The number of benzene rings is 1. The molecule has 136 valence electrons. The number of amides is 1. The molecule has 0 aliphatic carbocycles. The number of aliphatic imine (C=N–C) groups is 1. The van der Waals surface area contributed by atoms with Gasteiger partial charge >= 0.3 is 11.9 Å². The summed E-state index contributed by atoms with van der Waals surface area (Å²) in [6.07, 6.45) is -0.842. The summed E-state index contributed by atoms with van der Waals surface area (Å²) < 4.78 is 15.2. The summed E-state index contributed by atoms with van der Waals surface area (Å²) in [7, 11) is 1.19. The molecule has 2 aliphatic rings. The molecule has 0 bridgehead atoms. The summed E-state index contributed by atoms with van der Waals surface area (Å²) in [4.78, 5) is 41.5. The molecule has 0 radical (unpaired) electrons. The summed E-state index contributed by atoms with van der Waals surface area (Å²) in [6, 6.07) is 8.36. The van der Waals surface area contributed by atoms with E-state index in [9.17, 15) is 14.4 Å². The number of allylic oxidation sites excluding steroid dienone is 1. The van der Waals surface area contributed by atoms with E-state index >= 15 is 0 Å². The van der Waals surface area contributed by atoms with Crippen LogP contribution in [0.2, 0.25) is 0 Å². The van der Waals surface area contributed by atoms with Crippen LogP contribution in [0.25, 0.3) is 0 Å². The molecule has 2 heterocycles. The number of rotatable bonds is 5. The van der Waals surface area contributed by atoms with Crippen molar-refractivity contribution >= 4 is 23.7 Å². The summed E-state index contributed by atoms with van der Waals surface area (Å²) in [5, 5.41) is 0. The van der Waals surface area contributed by atoms with Crippen molar-refractivity contribution in [2.45, 2.75) is 32.7 Å². The zero-order valence-electron chi connectivity index (χ0n) is 14.6. The van der Waals surface area contributed by atoms with Gasteiger partial charge in [-0.3, -0.25) is 9.69 Å². The van der Waals surface area contributed by atoms with E-state index in [0.29, 0.717) is 5.57 Å². The average Bonchev–Trinajstić information content (AvgIpc) is 3.04. The molecule has 1 aromatic rings. The molecular formula is C18H18N2O6. The van der Waals surface area contributed by atoms with E-state index in [-0.39, 0.29) is 18.2 Å². The van der Waals surface area contributed by atoms with Crippen molar-refractivity contribution in [3.8, 4) is 0 Å². The largest absolute Gasteiger partial charge is 0.462 e. The number of likely N-dealkylation sites (tertiary alicyclic amines) is 1. The highest BCUT2D eigenvalue weighted by Gasteiger charge is 2.57. The Labute approximate surface area is 150 Å². The fourth-order valence-electron chi connectivity index (χ4n) is 2.72. The van der Waals surface area contributed by atoms with E-state index in [4.69, 9.17) is 9.47 Å². The molecule has 0 spiro atoms. The first-order valence-electron chi connectivity index (χ1n) is 7.98. The van der Waals surface area contributed by atoms with Crippen LogP contribution in [0.4, 0.5) is 0 Å². The number of β-lactam (4-membered cyclic amide) rings is 1. The first kappa shape index (κ1) is 17.7. The van der Waals surface area contributed by atoms with Gasteiger partial charge in [-0.15, -0.1) is 0 Å². The Morgan fingerprint density at radius 3 is 2.54 bits per heavy atom. The van der Waals surface area contributed by atoms with Gasteiger partial charge in [0.1, 0.15) is 12.3 Å². The molecule has 0 N–H and O–H groups in total. The van der Waals surface area contributed by atoms with Crippen LogP contribution in [-0.4, -0.2) is 48.0 Å². The third kappa shape index (κ3) is 3.05. The predicted octanol–water partition coefficient (Wildman–Crippen LogP) is 1.16. The highest BCUT2D eigenvalue weighted by molar-refractivity contribution is 6.33. The van der Waals surface area contributed by atoms with Crippen molar-refractivity contribution in [2.24, 2.45) is 4.99 Å². The molecule has 8 nitrogen and oxygen atoms in total. The second-order valence-corrected chi connectivity index (χ2v) is 6.00. The lowest BCUT2D eigenvalue weighted by Gasteiger charge is -2.40. The Balaban J connectivity index is 1.72. The van der Waals surface area contributed by atoms with E-state index in [2.05, 4.69) is 9.73 Å². The number of ether oxygens (including phenoxy) is 3. The van der Waals surface area contributed by atoms with Crippen molar-refractivity contribution in [2.75, 3.05) is 7.11 Å². The average molecular weight is 358 g/mol. The quantitative estimate of drug-likeness (QED) is 0.445. The lowest BCUT2D eigenvalue weighted by Crippen LogP contribution is -2.63. The Bertz CT molecular complexity index is 810. The Hall–Kier alpha value is -3.16. The van der Waals surface area contributed by atoms with Gasteiger partial charge in [-0.2, -0.15) is 0 Å². The van der Waals surface area contributed by atoms with Crippen molar-refractivity contribution in [1.29, 1.82) is 0 Å². The lowest BCUT2D eigenvalue weighted by molar-refractivity contribution is -0.165. The van der Waals surface area contributed by atoms with Gasteiger partial charge in [-0.05, 0) is 25.0 Å². The number of nitrogens with zero attached hydrogens (tertiary/aromatic N) is 2. The molecule has 1 aromatic carbocycles. The van der Waals surface area contributed by atoms with Crippen LogP contribution >= 0.6 is 0 Å². The van der Waals surface area contributed by atoms with Crippen molar-refractivity contribution in [1.82, 2.24) is 4.90 Å².